The number of aryl methyl sites for hydroxylation is 1. The molecular formula is C12H11N5O2. The molecule has 0 aliphatic heterocycles. The second kappa shape index (κ2) is 5.75. The van der Waals surface area contributed by atoms with Crippen molar-refractivity contribution in [3.63, 3.8) is 0 Å². The summed E-state index contributed by atoms with van der Waals surface area (Å²) in [6.45, 7) is 1.83. The summed E-state index contributed by atoms with van der Waals surface area (Å²) in [6.07, 6.45) is 1.50. The summed E-state index contributed by atoms with van der Waals surface area (Å²) in [5.74, 6) is 5.35. The monoisotopic (exact) mass is 257 g/mol. The molecule has 0 aliphatic carbocycles. The summed E-state index contributed by atoms with van der Waals surface area (Å²) >= 11 is 0. The molecule has 0 radical (unpaired) electrons. The fraction of sp³-hybridized carbons (Fsp3) is 0.167. The first-order valence-electron chi connectivity index (χ1n) is 5.46. The van der Waals surface area contributed by atoms with Gasteiger partial charge < -0.3 is 10.2 Å². The lowest BCUT2D eigenvalue weighted by Gasteiger charge is -2.01. The number of amides is 1. The summed E-state index contributed by atoms with van der Waals surface area (Å²) in [7, 11) is 0. The van der Waals surface area contributed by atoms with Gasteiger partial charge in [-0.1, -0.05) is 16.9 Å². The maximum atomic E-state index is 12.0. The molecule has 0 fully saturated rings. The van der Waals surface area contributed by atoms with Crippen LogP contribution in [0.4, 0.5) is 6.01 Å². The lowest BCUT2D eigenvalue weighted by Crippen LogP contribution is -2.15. The molecule has 0 aliphatic rings. The van der Waals surface area contributed by atoms with Gasteiger partial charge in [-0.25, -0.2) is 4.98 Å². The number of anilines is 1. The fourth-order valence-electron chi connectivity index (χ4n) is 1.34. The van der Waals surface area contributed by atoms with E-state index in [4.69, 9.17) is 10.2 Å². The Bertz CT molecular complexity index is 653. The minimum atomic E-state index is -0.467. The summed E-state index contributed by atoms with van der Waals surface area (Å²) in [5.41, 5.74) is 5.97. The second-order valence-corrected chi connectivity index (χ2v) is 3.49. The quantitative estimate of drug-likeness (QED) is 0.751. The van der Waals surface area contributed by atoms with E-state index in [0.29, 0.717) is 11.5 Å². The van der Waals surface area contributed by atoms with Crippen molar-refractivity contribution >= 4 is 11.9 Å². The SMILES string of the molecule is Cc1nnc(NC(=O)c2ncccc2C#CCN)o1. The molecule has 96 valence electrons. The van der Waals surface area contributed by atoms with Gasteiger partial charge in [0.25, 0.3) is 5.91 Å². The second-order valence-electron chi connectivity index (χ2n) is 3.49. The molecule has 0 saturated heterocycles. The third-order valence-electron chi connectivity index (χ3n) is 2.09. The van der Waals surface area contributed by atoms with Crippen LogP contribution in [0, 0.1) is 18.8 Å². The highest BCUT2D eigenvalue weighted by molar-refractivity contribution is 6.03. The Labute approximate surface area is 109 Å². The Kier molecular flexibility index (Phi) is 3.85. The van der Waals surface area contributed by atoms with Gasteiger partial charge in [0.05, 0.1) is 12.1 Å². The summed E-state index contributed by atoms with van der Waals surface area (Å²) in [6, 6.07) is 3.39. The van der Waals surface area contributed by atoms with Gasteiger partial charge in [-0.2, -0.15) is 0 Å². The van der Waals surface area contributed by atoms with Crippen LogP contribution in [0.15, 0.2) is 22.7 Å². The molecule has 3 N–H and O–H groups in total. The van der Waals surface area contributed by atoms with Crippen molar-refractivity contribution in [2.75, 3.05) is 11.9 Å². The summed E-state index contributed by atoms with van der Waals surface area (Å²) in [5, 5.41) is 9.73. The number of rotatable bonds is 2. The number of aromatic nitrogens is 3. The Morgan fingerprint density at radius 3 is 3.05 bits per heavy atom. The first kappa shape index (κ1) is 12.7. The number of nitrogens with two attached hydrogens (primary N) is 1. The molecule has 2 heterocycles. The van der Waals surface area contributed by atoms with E-state index in [9.17, 15) is 4.79 Å². The topological polar surface area (TPSA) is 107 Å². The van der Waals surface area contributed by atoms with Crippen molar-refractivity contribution in [2.24, 2.45) is 5.73 Å². The number of hydrogen-bond acceptors (Lipinski definition) is 6. The van der Waals surface area contributed by atoms with Crippen LogP contribution in [0.5, 0.6) is 0 Å². The van der Waals surface area contributed by atoms with Crippen molar-refractivity contribution < 1.29 is 9.21 Å². The van der Waals surface area contributed by atoms with Gasteiger partial charge >= 0.3 is 6.01 Å². The van der Waals surface area contributed by atoms with Crippen molar-refractivity contribution in [1.82, 2.24) is 15.2 Å². The number of carbonyl (C=O) groups excluding carboxylic acids is 1. The van der Waals surface area contributed by atoms with Gasteiger partial charge in [-0.3, -0.25) is 10.1 Å². The smallest absolute Gasteiger partial charge is 0.322 e. The van der Waals surface area contributed by atoms with E-state index in [1.807, 2.05) is 0 Å². The molecule has 0 aromatic carbocycles. The van der Waals surface area contributed by atoms with Crippen LogP contribution < -0.4 is 11.1 Å². The molecule has 7 heteroatoms. The highest BCUT2D eigenvalue weighted by Crippen LogP contribution is 2.09. The van der Waals surface area contributed by atoms with E-state index >= 15 is 0 Å². The van der Waals surface area contributed by atoms with Crippen LogP contribution in [0.2, 0.25) is 0 Å². The number of hydrogen-bond donors (Lipinski definition) is 2. The van der Waals surface area contributed by atoms with Crippen LogP contribution >= 0.6 is 0 Å². The Morgan fingerprint density at radius 2 is 2.37 bits per heavy atom. The fourth-order valence-corrected chi connectivity index (χ4v) is 1.34. The minimum Gasteiger partial charge on any atom is -0.408 e. The highest BCUT2D eigenvalue weighted by Gasteiger charge is 2.14. The Morgan fingerprint density at radius 1 is 1.53 bits per heavy atom. The first-order valence-corrected chi connectivity index (χ1v) is 5.46. The van der Waals surface area contributed by atoms with Crippen molar-refractivity contribution in [2.45, 2.75) is 6.92 Å². The molecule has 0 saturated carbocycles. The van der Waals surface area contributed by atoms with E-state index in [2.05, 4.69) is 32.3 Å². The van der Waals surface area contributed by atoms with Crippen LogP contribution in [0.3, 0.4) is 0 Å². The molecule has 7 nitrogen and oxygen atoms in total. The Balaban J connectivity index is 2.23. The number of nitrogens with one attached hydrogen (secondary N) is 1. The van der Waals surface area contributed by atoms with E-state index in [1.165, 1.54) is 6.20 Å². The average molecular weight is 257 g/mol. The molecule has 2 aromatic heterocycles. The first-order chi connectivity index (χ1) is 9.20. The normalized spacial score (nSPS) is 9.58. The maximum Gasteiger partial charge on any atom is 0.322 e. The van der Waals surface area contributed by atoms with E-state index in [0.717, 1.165) is 0 Å². The van der Waals surface area contributed by atoms with Gasteiger partial charge in [0.1, 0.15) is 5.69 Å². The lowest BCUT2D eigenvalue weighted by molar-refractivity contribution is 0.101. The third-order valence-corrected chi connectivity index (χ3v) is 2.09. The van der Waals surface area contributed by atoms with Crippen molar-refractivity contribution in [1.29, 1.82) is 0 Å². The standard InChI is InChI=1S/C12H11N5O2/c1-8-16-17-12(19-8)15-11(18)10-9(4-2-6-13)5-3-7-14-10/h3,5,7H,6,13H2,1H3,(H,15,17,18). The predicted molar refractivity (Wildman–Crippen MR) is 67.2 cm³/mol. The van der Waals surface area contributed by atoms with Crippen LogP contribution in [-0.2, 0) is 0 Å². The largest absolute Gasteiger partial charge is 0.408 e. The Hall–Kier alpha value is -2.72. The summed E-state index contributed by atoms with van der Waals surface area (Å²) < 4.78 is 5.06. The average Bonchev–Trinajstić information content (AvgIpc) is 2.82. The molecule has 19 heavy (non-hydrogen) atoms. The molecule has 0 atom stereocenters. The zero-order valence-electron chi connectivity index (χ0n) is 10.2. The van der Waals surface area contributed by atoms with Gasteiger partial charge in [0.15, 0.2) is 0 Å². The minimum absolute atomic E-state index is 0.0193. The van der Waals surface area contributed by atoms with Crippen LogP contribution in [-0.4, -0.2) is 27.6 Å². The van der Waals surface area contributed by atoms with Gasteiger partial charge in [-0.05, 0) is 12.1 Å². The molecule has 2 aromatic rings. The summed E-state index contributed by atoms with van der Waals surface area (Å²) in [4.78, 5) is 16.0. The van der Waals surface area contributed by atoms with Gasteiger partial charge in [-0.15, -0.1) is 5.10 Å². The zero-order valence-corrected chi connectivity index (χ0v) is 10.2. The lowest BCUT2D eigenvalue weighted by atomic mass is 10.2. The van der Waals surface area contributed by atoms with Crippen molar-refractivity contribution in [3.8, 4) is 11.8 Å². The maximum absolute atomic E-state index is 12.0. The third kappa shape index (κ3) is 3.14. The van der Waals surface area contributed by atoms with Crippen molar-refractivity contribution in [3.05, 3.63) is 35.5 Å². The van der Waals surface area contributed by atoms with Crippen LogP contribution in [0.1, 0.15) is 21.9 Å². The number of carbonyl (C=O) groups is 1. The molecule has 1 amide bonds. The molecule has 0 spiro atoms. The van der Waals surface area contributed by atoms with Crippen LogP contribution in [0.25, 0.3) is 0 Å². The van der Waals surface area contributed by atoms with E-state index in [-0.39, 0.29) is 18.3 Å². The van der Waals surface area contributed by atoms with Gasteiger partial charge in [0.2, 0.25) is 5.89 Å². The molecular weight excluding hydrogens is 246 g/mol. The predicted octanol–water partition coefficient (Wildman–Crippen LogP) is 0.336. The molecule has 0 bridgehead atoms. The van der Waals surface area contributed by atoms with Gasteiger partial charge in [0, 0.05) is 13.1 Å². The number of pyridine rings is 1. The van der Waals surface area contributed by atoms with E-state index in [1.54, 1.807) is 19.1 Å². The molecule has 0 unspecified atom stereocenters. The zero-order chi connectivity index (χ0) is 13.7. The number of nitrogens with zero attached hydrogens (tertiary/aromatic N) is 3. The molecule has 2 rings (SSSR count). The highest BCUT2D eigenvalue weighted by atomic mass is 16.4. The van der Waals surface area contributed by atoms with E-state index < -0.39 is 5.91 Å².